The Morgan fingerprint density at radius 3 is 2.58 bits per heavy atom. The van der Waals surface area contributed by atoms with E-state index in [0.717, 1.165) is 0 Å². The summed E-state index contributed by atoms with van der Waals surface area (Å²) in [5.41, 5.74) is -0.0222. The molecule has 1 aliphatic heterocycles. The van der Waals surface area contributed by atoms with E-state index in [0.29, 0.717) is 12.2 Å². The van der Waals surface area contributed by atoms with Crippen LogP contribution in [0.5, 0.6) is 0 Å². The predicted octanol–water partition coefficient (Wildman–Crippen LogP) is 1.28. The molecule has 0 aromatic rings. The van der Waals surface area contributed by atoms with Crippen molar-refractivity contribution in [3.05, 3.63) is 12.2 Å². The second-order valence-corrected chi connectivity index (χ2v) is 3.44. The van der Waals surface area contributed by atoms with Gasteiger partial charge in [-0.25, -0.2) is 4.79 Å². The highest BCUT2D eigenvalue weighted by molar-refractivity contribution is 5.87. The fourth-order valence-corrected chi connectivity index (χ4v) is 0.896. The minimum absolute atomic E-state index is 0.0131. The Balaban J connectivity index is 2.51. The maximum absolute atomic E-state index is 11.1. The molecule has 1 heterocycles. The van der Waals surface area contributed by atoms with E-state index in [4.69, 9.17) is 9.47 Å². The van der Waals surface area contributed by atoms with Crippen LogP contribution < -0.4 is 0 Å². The first-order valence-corrected chi connectivity index (χ1v) is 3.96. The van der Waals surface area contributed by atoms with Gasteiger partial charge in [0.2, 0.25) is 0 Å². The quantitative estimate of drug-likeness (QED) is 0.462. The summed E-state index contributed by atoms with van der Waals surface area (Å²) in [7, 11) is 0. The van der Waals surface area contributed by atoms with Gasteiger partial charge < -0.3 is 9.47 Å². The minimum atomic E-state index is -0.448. The first kappa shape index (κ1) is 9.26. The van der Waals surface area contributed by atoms with Gasteiger partial charge in [-0.2, -0.15) is 0 Å². The van der Waals surface area contributed by atoms with E-state index >= 15 is 0 Å². The first-order chi connectivity index (χ1) is 5.46. The second-order valence-electron chi connectivity index (χ2n) is 3.44. The lowest BCUT2D eigenvalue weighted by molar-refractivity contribution is -0.237. The summed E-state index contributed by atoms with van der Waals surface area (Å²) in [6.45, 7) is 9.37. The molecule has 0 aromatic heterocycles. The Morgan fingerprint density at radius 1 is 1.75 bits per heavy atom. The number of carbonyl (C=O) groups excluding carboxylic acids is 1. The molecule has 2 unspecified atom stereocenters. The summed E-state index contributed by atoms with van der Waals surface area (Å²) < 4.78 is 10.3. The van der Waals surface area contributed by atoms with Crippen molar-refractivity contribution in [2.45, 2.75) is 32.5 Å². The molecule has 1 rings (SSSR count). The molecule has 3 heteroatoms. The largest absolute Gasteiger partial charge is 0.451 e. The minimum Gasteiger partial charge on any atom is -0.451 e. The van der Waals surface area contributed by atoms with Crippen molar-refractivity contribution in [1.82, 2.24) is 0 Å². The highest BCUT2D eigenvalue weighted by Crippen LogP contribution is 2.29. The number of ether oxygens (including phenoxy) is 2. The lowest BCUT2D eigenvalue weighted by Gasteiger charge is -2.43. The molecule has 12 heavy (non-hydrogen) atoms. The third kappa shape index (κ3) is 1.50. The van der Waals surface area contributed by atoms with Crippen LogP contribution in [0, 0.1) is 0 Å². The van der Waals surface area contributed by atoms with Crippen molar-refractivity contribution in [3.8, 4) is 0 Å². The zero-order chi connectivity index (χ0) is 9.35. The Hall–Kier alpha value is -0.830. The van der Waals surface area contributed by atoms with Gasteiger partial charge in [0.05, 0.1) is 12.7 Å². The van der Waals surface area contributed by atoms with E-state index in [9.17, 15) is 4.79 Å². The van der Waals surface area contributed by atoms with E-state index in [-0.39, 0.29) is 12.1 Å². The number of rotatable bonds is 2. The van der Waals surface area contributed by atoms with E-state index in [1.54, 1.807) is 6.92 Å². The molecule has 1 saturated heterocycles. The second kappa shape index (κ2) is 2.90. The predicted molar refractivity (Wildman–Crippen MR) is 44.7 cm³/mol. The van der Waals surface area contributed by atoms with Crippen LogP contribution >= 0.6 is 0 Å². The van der Waals surface area contributed by atoms with Gasteiger partial charge in [0.15, 0.2) is 5.60 Å². The van der Waals surface area contributed by atoms with Gasteiger partial charge in [-0.05, 0) is 20.8 Å². The van der Waals surface area contributed by atoms with Gasteiger partial charge in [-0.3, -0.25) is 0 Å². The fraction of sp³-hybridized carbons (Fsp3) is 0.667. The van der Waals surface area contributed by atoms with Gasteiger partial charge in [0.25, 0.3) is 0 Å². The maximum Gasteiger partial charge on any atom is 0.333 e. The zero-order valence-electron chi connectivity index (χ0n) is 7.72. The summed E-state index contributed by atoms with van der Waals surface area (Å²) in [6, 6.07) is 0. The lowest BCUT2D eigenvalue weighted by atomic mass is 9.96. The number of carbonyl (C=O) groups is 1. The number of hydrogen-bond donors (Lipinski definition) is 0. The first-order valence-electron chi connectivity index (χ1n) is 3.96. The van der Waals surface area contributed by atoms with Gasteiger partial charge in [0.1, 0.15) is 0 Å². The van der Waals surface area contributed by atoms with Crippen molar-refractivity contribution >= 4 is 5.97 Å². The summed E-state index contributed by atoms with van der Waals surface area (Å²) in [4.78, 5) is 11.1. The Labute approximate surface area is 72.4 Å². The average Bonchev–Trinajstić information content (AvgIpc) is 2.01. The molecular weight excluding hydrogens is 156 g/mol. The number of esters is 1. The summed E-state index contributed by atoms with van der Waals surface area (Å²) in [5.74, 6) is -0.340. The van der Waals surface area contributed by atoms with Crippen LogP contribution in [-0.2, 0) is 14.3 Å². The van der Waals surface area contributed by atoms with Crippen molar-refractivity contribution in [2.24, 2.45) is 0 Å². The van der Waals surface area contributed by atoms with Gasteiger partial charge in [-0.1, -0.05) is 6.58 Å². The zero-order valence-corrected chi connectivity index (χ0v) is 7.72. The molecule has 0 aromatic carbocycles. The van der Waals surface area contributed by atoms with Crippen molar-refractivity contribution in [1.29, 1.82) is 0 Å². The van der Waals surface area contributed by atoms with Gasteiger partial charge in [-0.15, -0.1) is 0 Å². The van der Waals surface area contributed by atoms with E-state index in [2.05, 4.69) is 6.58 Å². The van der Waals surface area contributed by atoms with Crippen LogP contribution in [0.25, 0.3) is 0 Å². The highest BCUT2D eigenvalue weighted by atomic mass is 16.6. The molecule has 0 radical (unpaired) electrons. The van der Waals surface area contributed by atoms with Crippen molar-refractivity contribution in [3.63, 3.8) is 0 Å². The van der Waals surface area contributed by atoms with Crippen LogP contribution in [0.15, 0.2) is 12.2 Å². The van der Waals surface area contributed by atoms with E-state index in [1.807, 2.05) is 13.8 Å². The van der Waals surface area contributed by atoms with Crippen LogP contribution in [0.2, 0.25) is 0 Å². The normalized spacial score (nSPS) is 33.8. The standard InChI is InChI=1S/C9H14O3/c1-6(2)8(10)12-9(4)5-11-7(9)3/h7H,1,5H2,2-4H3. The molecule has 68 valence electrons. The van der Waals surface area contributed by atoms with Crippen LogP contribution in [0.1, 0.15) is 20.8 Å². The summed E-state index contributed by atoms with van der Waals surface area (Å²) in [6.07, 6.45) is -0.0131. The fourth-order valence-electron chi connectivity index (χ4n) is 0.896. The molecule has 3 nitrogen and oxygen atoms in total. The molecule has 1 aliphatic rings. The molecule has 0 aliphatic carbocycles. The van der Waals surface area contributed by atoms with Gasteiger partial charge >= 0.3 is 5.97 Å². The molecule has 0 saturated carbocycles. The number of hydrogen-bond acceptors (Lipinski definition) is 3. The van der Waals surface area contributed by atoms with E-state index < -0.39 is 5.60 Å². The Bertz CT molecular complexity index is 222. The van der Waals surface area contributed by atoms with E-state index in [1.165, 1.54) is 0 Å². The van der Waals surface area contributed by atoms with Crippen LogP contribution in [0.3, 0.4) is 0 Å². The summed E-state index contributed by atoms with van der Waals surface area (Å²) >= 11 is 0. The smallest absolute Gasteiger partial charge is 0.333 e. The van der Waals surface area contributed by atoms with Crippen LogP contribution in [-0.4, -0.2) is 24.3 Å². The Morgan fingerprint density at radius 2 is 2.33 bits per heavy atom. The highest BCUT2D eigenvalue weighted by Gasteiger charge is 2.45. The molecule has 0 N–H and O–H groups in total. The van der Waals surface area contributed by atoms with Crippen LogP contribution in [0.4, 0.5) is 0 Å². The average molecular weight is 170 g/mol. The van der Waals surface area contributed by atoms with Crippen molar-refractivity contribution < 1.29 is 14.3 Å². The molecule has 0 amide bonds. The molecule has 1 fully saturated rings. The molecular formula is C9H14O3. The molecule has 2 atom stereocenters. The third-order valence-corrected chi connectivity index (χ3v) is 2.15. The maximum atomic E-state index is 11.1. The molecule has 0 spiro atoms. The SMILES string of the molecule is C=C(C)C(=O)OC1(C)COC1C. The topological polar surface area (TPSA) is 35.5 Å². The van der Waals surface area contributed by atoms with Gasteiger partial charge in [0, 0.05) is 5.57 Å². The third-order valence-electron chi connectivity index (χ3n) is 2.15. The monoisotopic (exact) mass is 170 g/mol. The van der Waals surface area contributed by atoms with Crippen molar-refractivity contribution in [2.75, 3.05) is 6.61 Å². The molecule has 0 bridgehead atoms. The Kier molecular flexibility index (Phi) is 2.24. The lowest BCUT2D eigenvalue weighted by Crippen LogP contribution is -2.57. The summed E-state index contributed by atoms with van der Waals surface area (Å²) in [5, 5.41) is 0.